The van der Waals surface area contributed by atoms with Gasteiger partial charge in [0, 0.05) is 5.56 Å². The molecule has 0 atom stereocenters. The first kappa shape index (κ1) is 17.8. The molecule has 3 rings (SSSR count). The molecule has 0 heterocycles. The van der Waals surface area contributed by atoms with Crippen molar-refractivity contribution in [2.45, 2.75) is 20.8 Å². The van der Waals surface area contributed by atoms with E-state index in [9.17, 15) is 14.7 Å². The summed E-state index contributed by atoms with van der Waals surface area (Å²) in [5.74, 6) is 0. The molecule has 0 radical (unpaired) electrons. The van der Waals surface area contributed by atoms with Crippen molar-refractivity contribution in [3.05, 3.63) is 77.4 Å². The molecule has 0 bridgehead atoms. The Balaban J connectivity index is 2.47. The van der Waals surface area contributed by atoms with E-state index in [4.69, 9.17) is 0 Å². The van der Waals surface area contributed by atoms with Gasteiger partial charge in [-0.1, -0.05) is 54.6 Å². The smallest absolute Gasteiger partial charge is 0.189 e. The second kappa shape index (κ2) is 6.70. The molecule has 3 N–H and O–H groups in total. The molecule has 3 aromatic carbocycles. The SMILES string of the molecule is Cc1ccccc1-c1c(C)ccc([P+](O)(O)O)c1-c1ccccc1C. The molecule has 0 aromatic heterocycles. The van der Waals surface area contributed by atoms with Gasteiger partial charge in [-0.05, 0) is 60.2 Å². The molecular weight excluding hydrogens is 331 g/mol. The first-order valence-corrected chi connectivity index (χ1v) is 9.79. The van der Waals surface area contributed by atoms with Crippen molar-refractivity contribution >= 4 is 13.2 Å². The average molecular weight is 353 g/mol. The van der Waals surface area contributed by atoms with Gasteiger partial charge in [-0.25, -0.2) is 0 Å². The minimum atomic E-state index is -4.17. The van der Waals surface area contributed by atoms with Gasteiger partial charge in [-0.15, -0.1) is 0 Å². The number of aryl methyl sites for hydroxylation is 3. The Morgan fingerprint density at radius 1 is 0.560 bits per heavy atom. The van der Waals surface area contributed by atoms with Gasteiger partial charge in [0.25, 0.3) is 0 Å². The van der Waals surface area contributed by atoms with Crippen molar-refractivity contribution in [1.29, 1.82) is 0 Å². The van der Waals surface area contributed by atoms with E-state index in [1.165, 1.54) is 0 Å². The number of hydrogen-bond donors (Lipinski definition) is 3. The summed E-state index contributed by atoms with van der Waals surface area (Å²) >= 11 is 0. The molecule has 4 heteroatoms. The van der Waals surface area contributed by atoms with Crippen molar-refractivity contribution < 1.29 is 14.7 Å². The summed E-state index contributed by atoms with van der Waals surface area (Å²) in [6.07, 6.45) is 0. The molecule has 25 heavy (non-hydrogen) atoms. The molecule has 0 unspecified atom stereocenters. The summed E-state index contributed by atoms with van der Waals surface area (Å²) < 4.78 is 0. The lowest BCUT2D eigenvalue weighted by Gasteiger charge is -2.19. The van der Waals surface area contributed by atoms with Gasteiger partial charge in [-0.3, -0.25) is 0 Å². The van der Waals surface area contributed by atoms with Crippen LogP contribution in [0.4, 0.5) is 0 Å². The number of hydrogen-bond acceptors (Lipinski definition) is 3. The van der Waals surface area contributed by atoms with Gasteiger partial charge in [0.15, 0.2) is 5.30 Å². The van der Waals surface area contributed by atoms with Gasteiger partial charge in [0.1, 0.15) is 0 Å². The third-order valence-electron chi connectivity index (χ3n) is 4.54. The minimum absolute atomic E-state index is 0.186. The van der Waals surface area contributed by atoms with Crippen LogP contribution in [-0.2, 0) is 0 Å². The Labute approximate surface area is 148 Å². The van der Waals surface area contributed by atoms with Crippen LogP contribution in [0.3, 0.4) is 0 Å². The maximum absolute atomic E-state index is 10.1. The van der Waals surface area contributed by atoms with Crippen LogP contribution in [0, 0.1) is 20.8 Å². The zero-order valence-corrected chi connectivity index (χ0v) is 15.5. The third kappa shape index (κ3) is 3.37. The molecule has 128 valence electrons. The normalized spacial score (nSPS) is 11.6. The minimum Gasteiger partial charge on any atom is -0.189 e. The van der Waals surface area contributed by atoms with E-state index in [-0.39, 0.29) is 5.30 Å². The summed E-state index contributed by atoms with van der Waals surface area (Å²) in [7, 11) is -4.17. The lowest BCUT2D eigenvalue weighted by Crippen LogP contribution is -2.15. The second-order valence-electron chi connectivity index (χ2n) is 6.35. The lowest BCUT2D eigenvalue weighted by molar-refractivity contribution is 0.347. The molecule has 0 aliphatic carbocycles. The summed E-state index contributed by atoms with van der Waals surface area (Å²) in [6, 6.07) is 19.2. The van der Waals surface area contributed by atoms with Crippen LogP contribution in [-0.4, -0.2) is 14.7 Å². The zero-order valence-electron chi connectivity index (χ0n) is 14.6. The van der Waals surface area contributed by atoms with Crippen molar-refractivity contribution in [2.24, 2.45) is 0 Å². The van der Waals surface area contributed by atoms with Crippen molar-refractivity contribution in [3.63, 3.8) is 0 Å². The van der Waals surface area contributed by atoms with Gasteiger partial charge in [0.2, 0.25) is 0 Å². The summed E-state index contributed by atoms with van der Waals surface area (Å²) in [5, 5.41) is 0.186. The highest BCUT2D eigenvalue weighted by Crippen LogP contribution is 2.49. The van der Waals surface area contributed by atoms with Crippen LogP contribution in [0.5, 0.6) is 0 Å². The van der Waals surface area contributed by atoms with E-state index < -0.39 is 7.94 Å². The van der Waals surface area contributed by atoms with E-state index in [2.05, 4.69) is 0 Å². The fourth-order valence-electron chi connectivity index (χ4n) is 3.27. The summed E-state index contributed by atoms with van der Waals surface area (Å²) in [4.78, 5) is 30.2. The first-order valence-electron chi connectivity index (χ1n) is 8.14. The fourth-order valence-corrected chi connectivity index (χ4v) is 4.08. The van der Waals surface area contributed by atoms with Crippen LogP contribution >= 0.6 is 7.94 Å². The van der Waals surface area contributed by atoms with Crippen molar-refractivity contribution in [2.75, 3.05) is 0 Å². The molecule has 3 nitrogen and oxygen atoms in total. The van der Waals surface area contributed by atoms with Crippen LogP contribution < -0.4 is 5.30 Å². The first-order chi connectivity index (χ1) is 11.8. The molecular formula is C21H22O3P+. The maximum Gasteiger partial charge on any atom is 0.441 e. The van der Waals surface area contributed by atoms with Gasteiger partial charge < -0.3 is 0 Å². The zero-order chi connectivity index (χ0) is 18.2. The predicted octanol–water partition coefficient (Wildman–Crippen LogP) is 4.31. The van der Waals surface area contributed by atoms with E-state index in [1.807, 2.05) is 75.4 Å². The van der Waals surface area contributed by atoms with Crippen molar-refractivity contribution in [1.82, 2.24) is 0 Å². The Morgan fingerprint density at radius 2 is 1.04 bits per heavy atom. The number of rotatable bonds is 3. The molecule has 0 fully saturated rings. The molecule has 0 spiro atoms. The van der Waals surface area contributed by atoms with Crippen LogP contribution in [0.2, 0.25) is 0 Å². The Bertz CT molecular complexity index is 927. The quantitative estimate of drug-likeness (QED) is 0.615. The Kier molecular flexibility index (Phi) is 4.77. The number of benzene rings is 3. The highest BCUT2D eigenvalue weighted by molar-refractivity contribution is 7.67. The largest absolute Gasteiger partial charge is 0.441 e. The van der Waals surface area contributed by atoms with Crippen LogP contribution in [0.1, 0.15) is 16.7 Å². The third-order valence-corrected chi connectivity index (χ3v) is 5.56. The lowest BCUT2D eigenvalue weighted by atomic mass is 9.87. The van der Waals surface area contributed by atoms with Crippen LogP contribution in [0.15, 0.2) is 60.7 Å². The summed E-state index contributed by atoms with van der Waals surface area (Å²) in [6.45, 7) is 6.01. The molecule has 0 aliphatic heterocycles. The molecule has 3 aromatic rings. The standard InChI is InChI=1S/C21H22O3P/c1-14-8-4-6-10-17(14)20-16(3)12-13-19(25(22,23)24)21(20)18-11-7-5-9-15(18)2/h4-13,22-24H,1-3H3/q+1. The van der Waals surface area contributed by atoms with Crippen molar-refractivity contribution in [3.8, 4) is 22.3 Å². The van der Waals surface area contributed by atoms with E-state index >= 15 is 0 Å². The van der Waals surface area contributed by atoms with E-state index in [0.717, 1.165) is 33.4 Å². The Hall–Kier alpha value is -2.03. The fraction of sp³-hybridized carbons (Fsp3) is 0.143. The predicted molar refractivity (Wildman–Crippen MR) is 105 cm³/mol. The van der Waals surface area contributed by atoms with Gasteiger partial charge in [0.05, 0.1) is 0 Å². The van der Waals surface area contributed by atoms with E-state index in [0.29, 0.717) is 5.56 Å². The monoisotopic (exact) mass is 353 g/mol. The average Bonchev–Trinajstić information content (AvgIpc) is 2.55. The van der Waals surface area contributed by atoms with Gasteiger partial charge in [-0.2, -0.15) is 14.7 Å². The topological polar surface area (TPSA) is 60.7 Å². The molecule has 0 saturated heterocycles. The molecule has 0 amide bonds. The highest BCUT2D eigenvalue weighted by atomic mass is 31.2. The Morgan fingerprint density at radius 3 is 1.52 bits per heavy atom. The highest BCUT2D eigenvalue weighted by Gasteiger charge is 2.39. The van der Waals surface area contributed by atoms with E-state index in [1.54, 1.807) is 6.07 Å². The van der Waals surface area contributed by atoms with Crippen LogP contribution in [0.25, 0.3) is 22.3 Å². The molecule has 0 saturated carbocycles. The van der Waals surface area contributed by atoms with Gasteiger partial charge >= 0.3 is 7.94 Å². The second-order valence-corrected chi connectivity index (χ2v) is 7.97. The maximum atomic E-state index is 10.1. The molecule has 0 aliphatic rings. The summed E-state index contributed by atoms with van der Waals surface area (Å²) in [5.41, 5.74) is 6.65.